The molecule has 1 aliphatic heterocycles. The van der Waals surface area contributed by atoms with Crippen LogP contribution in [-0.4, -0.2) is 90.6 Å². The molecule has 248 valence electrons. The zero-order chi connectivity index (χ0) is 33.0. The first-order valence-corrected chi connectivity index (χ1v) is 15.0. The second kappa shape index (κ2) is 14.4. The van der Waals surface area contributed by atoms with Gasteiger partial charge < -0.3 is 38.3 Å². The van der Waals surface area contributed by atoms with Crippen LogP contribution in [0.3, 0.4) is 0 Å². The third-order valence-corrected chi connectivity index (χ3v) is 8.92. The number of ether oxygens (including phenoxy) is 7. The Morgan fingerprint density at radius 1 is 0.886 bits per heavy atom. The fraction of sp³-hybridized carbons (Fsp3) is 0.774. The summed E-state index contributed by atoms with van der Waals surface area (Å²) in [7, 11) is 0. The zero-order valence-electron chi connectivity index (χ0n) is 26.8. The van der Waals surface area contributed by atoms with Crippen LogP contribution in [0.15, 0.2) is 11.6 Å². The van der Waals surface area contributed by atoms with Crippen molar-refractivity contribution in [3.63, 3.8) is 0 Å². The summed E-state index contributed by atoms with van der Waals surface area (Å²) in [6, 6.07) is 0. The van der Waals surface area contributed by atoms with Gasteiger partial charge in [-0.1, -0.05) is 19.9 Å². The molecule has 1 heterocycles. The van der Waals surface area contributed by atoms with Gasteiger partial charge in [0.05, 0.1) is 12.2 Å². The molecule has 0 spiro atoms. The van der Waals surface area contributed by atoms with E-state index in [9.17, 15) is 29.1 Å². The predicted molar refractivity (Wildman–Crippen MR) is 151 cm³/mol. The first-order chi connectivity index (χ1) is 20.4. The molecule has 0 aromatic rings. The van der Waals surface area contributed by atoms with Crippen molar-refractivity contribution in [2.45, 2.75) is 123 Å². The molecule has 0 radical (unpaired) electrons. The zero-order valence-corrected chi connectivity index (χ0v) is 26.8. The van der Waals surface area contributed by atoms with Crippen molar-refractivity contribution in [2.24, 2.45) is 17.3 Å². The monoisotopic (exact) mass is 626 g/mol. The van der Waals surface area contributed by atoms with Crippen molar-refractivity contribution >= 4 is 29.8 Å². The highest BCUT2D eigenvalue weighted by atomic mass is 16.7. The molecular formula is C31H46O13. The molecule has 13 nitrogen and oxygen atoms in total. The molecule has 3 rings (SSSR count). The largest absolute Gasteiger partial charge is 0.463 e. The van der Waals surface area contributed by atoms with Gasteiger partial charge in [-0.2, -0.15) is 0 Å². The molecule has 2 aliphatic carbocycles. The maximum Gasteiger partial charge on any atom is 0.303 e. The predicted octanol–water partition coefficient (Wildman–Crippen LogP) is 2.54. The van der Waals surface area contributed by atoms with Crippen LogP contribution in [0, 0.1) is 17.3 Å². The van der Waals surface area contributed by atoms with Crippen LogP contribution in [-0.2, 0) is 57.1 Å². The van der Waals surface area contributed by atoms with Crippen molar-refractivity contribution in [3.8, 4) is 0 Å². The van der Waals surface area contributed by atoms with Crippen LogP contribution >= 0.6 is 0 Å². The first-order valence-electron chi connectivity index (χ1n) is 15.0. The number of rotatable bonds is 10. The summed E-state index contributed by atoms with van der Waals surface area (Å²) in [6.45, 7) is 11.3. The lowest BCUT2D eigenvalue weighted by atomic mass is 9.56. The lowest BCUT2D eigenvalue weighted by Crippen LogP contribution is -2.63. The Kier molecular flexibility index (Phi) is 11.6. The highest BCUT2D eigenvalue weighted by molar-refractivity contribution is 5.69. The van der Waals surface area contributed by atoms with E-state index in [0.29, 0.717) is 12.8 Å². The topological polar surface area (TPSA) is 170 Å². The summed E-state index contributed by atoms with van der Waals surface area (Å²) in [6.07, 6.45) is -2.14. The molecule has 44 heavy (non-hydrogen) atoms. The molecule has 1 saturated carbocycles. The molecule has 0 amide bonds. The Morgan fingerprint density at radius 3 is 2.02 bits per heavy atom. The molecule has 2 fully saturated rings. The first kappa shape index (κ1) is 35.4. The Morgan fingerprint density at radius 2 is 1.45 bits per heavy atom. The third-order valence-electron chi connectivity index (χ3n) is 8.92. The van der Waals surface area contributed by atoms with Crippen LogP contribution in [0.2, 0.25) is 0 Å². The number of hydrogen-bond acceptors (Lipinski definition) is 13. The van der Waals surface area contributed by atoms with Crippen LogP contribution in [0.25, 0.3) is 0 Å². The third kappa shape index (κ3) is 8.57. The lowest BCUT2D eigenvalue weighted by Gasteiger charge is -2.51. The minimum Gasteiger partial charge on any atom is -0.463 e. The van der Waals surface area contributed by atoms with Crippen molar-refractivity contribution in [1.82, 2.24) is 0 Å². The van der Waals surface area contributed by atoms with Crippen molar-refractivity contribution < 1.29 is 62.2 Å². The van der Waals surface area contributed by atoms with Gasteiger partial charge in [0.25, 0.3) is 0 Å². The number of hydrogen-bond donors (Lipinski definition) is 1. The lowest BCUT2D eigenvalue weighted by molar-refractivity contribution is -0.315. The molecule has 0 aromatic carbocycles. The van der Waals surface area contributed by atoms with Gasteiger partial charge in [-0.05, 0) is 55.4 Å². The number of aliphatic hydroxyl groups is 1. The molecule has 1 saturated heterocycles. The number of allylic oxidation sites excluding steroid dienone is 1. The number of carbonyl (C=O) groups is 5. The maximum absolute atomic E-state index is 12.1. The Bertz CT molecular complexity index is 1130. The SMILES string of the molecule is CC(=O)OC[C@H]1O[C@@H](OC[C@](C)(O)[C@@H]2CC=C3[C@H](OC(C)=O)CC[C@@H](C)[C@@]3(C)C2)[C@H](OC(C)=O)[C@@H](OC(C)=O)[C@@H]1OC(C)=O. The average Bonchev–Trinajstić information content (AvgIpc) is 2.89. The standard InChI is InChI=1S/C31H46O13/c1-16-9-12-24(40-18(3)33)23-11-10-22(13-30(16,23)7)31(8,37)15-39-29-28(43-21(6)36)27(42-20(5)35)26(41-19(4)34)25(44-29)14-38-17(2)32/h11,16,22,24-29,37H,9-10,12-15H2,1-8H3/t16-,22-,24-,25-,26-,27+,28-,29-,30-,31+/m1/s1. The Hall–Kier alpha value is -3.03. The van der Waals surface area contributed by atoms with Crippen LogP contribution in [0.5, 0.6) is 0 Å². The van der Waals surface area contributed by atoms with Gasteiger partial charge in [0.15, 0.2) is 24.6 Å². The second-order valence-corrected chi connectivity index (χ2v) is 12.5. The van der Waals surface area contributed by atoms with E-state index in [1.54, 1.807) is 6.92 Å². The van der Waals surface area contributed by atoms with E-state index in [-0.39, 0.29) is 42.5 Å². The van der Waals surface area contributed by atoms with Gasteiger partial charge in [-0.15, -0.1) is 0 Å². The summed E-state index contributed by atoms with van der Waals surface area (Å²) in [4.78, 5) is 59.5. The van der Waals surface area contributed by atoms with E-state index in [1.807, 2.05) is 0 Å². The summed E-state index contributed by atoms with van der Waals surface area (Å²) in [5.74, 6) is -3.19. The molecule has 13 heteroatoms. The normalized spacial score (nSPS) is 34.7. The van der Waals surface area contributed by atoms with E-state index in [1.165, 1.54) is 13.8 Å². The van der Waals surface area contributed by atoms with Crippen LogP contribution < -0.4 is 0 Å². The maximum atomic E-state index is 12.1. The molecule has 1 N–H and O–H groups in total. The van der Waals surface area contributed by atoms with E-state index in [4.69, 9.17) is 33.2 Å². The summed E-state index contributed by atoms with van der Waals surface area (Å²) < 4.78 is 39.1. The van der Waals surface area contributed by atoms with Crippen molar-refractivity contribution in [1.29, 1.82) is 0 Å². The van der Waals surface area contributed by atoms with Gasteiger partial charge in [0.1, 0.15) is 18.8 Å². The van der Waals surface area contributed by atoms with Gasteiger partial charge in [0, 0.05) is 34.6 Å². The second-order valence-electron chi connectivity index (χ2n) is 12.5. The minimum atomic E-state index is -1.40. The van der Waals surface area contributed by atoms with Gasteiger partial charge in [-0.3, -0.25) is 24.0 Å². The van der Waals surface area contributed by atoms with Gasteiger partial charge >= 0.3 is 29.8 Å². The highest BCUT2D eigenvalue weighted by Crippen LogP contribution is 2.54. The number of fused-ring (bicyclic) bond motifs is 1. The summed E-state index contributed by atoms with van der Waals surface area (Å²) >= 11 is 0. The fourth-order valence-corrected chi connectivity index (χ4v) is 6.56. The Labute approximate surface area is 257 Å². The van der Waals surface area contributed by atoms with Crippen LogP contribution in [0.4, 0.5) is 0 Å². The van der Waals surface area contributed by atoms with Crippen molar-refractivity contribution in [2.75, 3.05) is 13.2 Å². The van der Waals surface area contributed by atoms with Crippen LogP contribution in [0.1, 0.15) is 81.1 Å². The van der Waals surface area contributed by atoms with E-state index in [0.717, 1.165) is 39.2 Å². The van der Waals surface area contributed by atoms with Gasteiger partial charge in [-0.25, -0.2) is 0 Å². The molecule has 3 aliphatic rings. The average molecular weight is 627 g/mol. The molecule has 0 bridgehead atoms. The smallest absolute Gasteiger partial charge is 0.303 e. The van der Waals surface area contributed by atoms with E-state index in [2.05, 4.69) is 19.9 Å². The van der Waals surface area contributed by atoms with E-state index < -0.39 is 60.2 Å². The number of esters is 5. The summed E-state index contributed by atoms with van der Waals surface area (Å²) in [5.41, 5.74) is -0.656. The molecule has 10 atom stereocenters. The molecular weight excluding hydrogens is 580 g/mol. The summed E-state index contributed by atoms with van der Waals surface area (Å²) in [5, 5.41) is 11.7. The van der Waals surface area contributed by atoms with Crippen molar-refractivity contribution in [3.05, 3.63) is 11.6 Å². The quantitative estimate of drug-likeness (QED) is 0.213. The Balaban J connectivity index is 1.87. The minimum absolute atomic E-state index is 0.263. The molecule has 0 aromatic heterocycles. The fourth-order valence-electron chi connectivity index (χ4n) is 6.56. The molecule has 0 unspecified atom stereocenters. The highest BCUT2D eigenvalue weighted by Gasteiger charge is 2.54. The van der Waals surface area contributed by atoms with Gasteiger partial charge in [0.2, 0.25) is 0 Å². The number of carbonyl (C=O) groups excluding carboxylic acids is 5. The van der Waals surface area contributed by atoms with E-state index >= 15 is 0 Å².